The van der Waals surface area contributed by atoms with E-state index in [1.807, 2.05) is 18.4 Å². The third-order valence-corrected chi connectivity index (χ3v) is 4.91. The Labute approximate surface area is 125 Å². The van der Waals surface area contributed by atoms with Crippen LogP contribution in [0, 0.1) is 6.92 Å². The number of hydrogen-bond donors (Lipinski definition) is 1. The largest absolute Gasteiger partial charge is 0.496 e. The van der Waals surface area contributed by atoms with Crippen LogP contribution in [0.25, 0.3) is 0 Å². The molecule has 1 aromatic carbocycles. The van der Waals surface area contributed by atoms with Gasteiger partial charge in [-0.15, -0.1) is 11.3 Å². The summed E-state index contributed by atoms with van der Waals surface area (Å²) in [5.74, 6) is 0.961. The first-order chi connectivity index (χ1) is 9.67. The Bertz CT molecular complexity index is 562. The summed E-state index contributed by atoms with van der Waals surface area (Å²) in [5.41, 5.74) is 2.46. The Kier molecular flexibility index (Phi) is 5.21. The van der Waals surface area contributed by atoms with Gasteiger partial charge in [0.15, 0.2) is 0 Å². The van der Waals surface area contributed by atoms with Gasteiger partial charge in [-0.1, -0.05) is 19.1 Å². The monoisotopic (exact) mass is 289 g/mol. The summed E-state index contributed by atoms with van der Waals surface area (Å²) < 4.78 is 5.43. The molecule has 108 valence electrons. The van der Waals surface area contributed by atoms with E-state index in [2.05, 4.69) is 49.5 Å². The molecule has 0 saturated carbocycles. The van der Waals surface area contributed by atoms with Gasteiger partial charge in [0.05, 0.1) is 7.11 Å². The van der Waals surface area contributed by atoms with Crippen molar-refractivity contribution in [2.24, 2.45) is 0 Å². The first-order valence-corrected chi connectivity index (χ1v) is 7.89. The molecule has 2 rings (SSSR count). The number of methoxy groups -OCH3 is 1. The molecule has 0 aliphatic rings. The molecule has 2 nitrogen and oxygen atoms in total. The maximum absolute atomic E-state index is 5.43. The highest BCUT2D eigenvalue weighted by Gasteiger charge is 2.13. The molecule has 0 aliphatic carbocycles. The molecule has 0 bridgehead atoms. The average Bonchev–Trinajstić information content (AvgIpc) is 2.93. The molecule has 0 fully saturated rings. The zero-order valence-electron chi connectivity index (χ0n) is 12.7. The molecule has 0 aliphatic heterocycles. The van der Waals surface area contributed by atoms with Crippen LogP contribution in [0.1, 0.15) is 33.8 Å². The van der Waals surface area contributed by atoms with Crippen LogP contribution >= 0.6 is 11.3 Å². The highest BCUT2D eigenvalue weighted by molar-refractivity contribution is 7.11. The normalized spacial score (nSPS) is 12.4. The molecule has 1 unspecified atom stereocenters. The highest BCUT2D eigenvalue weighted by Crippen LogP contribution is 2.27. The van der Waals surface area contributed by atoms with Crippen molar-refractivity contribution in [3.63, 3.8) is 0 Å². The highest BCUT2D eigenvalue weighted by atomic mass is 32.1. The van der Waals surface area contributed by atoms with Crippen molar-refractivity contribution in [3.05, 3.63) is 51.2 Å². The smallest absolute Gasteiger partial charge is 0.122 e. The van der Waals surface area contributed by atoms with Crippen LogP contribution < -0.4 is 10.1 Å². The van der Waals surface area contributed by atoms with Gasteiger partial charge in [-0.05, 0) is 49.7 Å². The number of ether oxygens (including phenoxy) is 1. The van der Waals surface area contributed by atoms with E-state index in [1.54, 1.807) is 7.11 Å². The lowest BCUT2D eigenvalue weighted by Gasteiger charge is -2.17. The van der Waals surface area contributed by atoms with E-state index in [9.17, 15) is 0 Å². The molecule has 0 spiro atoms. The Hall–Kier alpha value is -1.32. The Morgan fingerprint density at radius 1 is 1.20 bits per heavy atom. The zero-order chi connectivity index (χ0) is 14.5. The van der Waals surface area contributed by atoms with Crippen molar-refractivity contribution < 1.29 is 4.74 Å². The van der Waals surface area contributed by atoms with E-state index in [0.717, 1.165) is 18.6 Å². The summed E-state index contributed by atoms with van der Waals surface area (Å²) in [6, 6.07) is 11.3. The van der Waals surface area contributed by atoms with Gasteiger partial charge in [-0.25, -0.2) is 0 Å². The van der Waals surface area contributed by atoms with Crippen LogP contribution in [0.2, 0.25) is 0 Å². The second-order valence-electron chi connectivity index (χ2n) is 5.00. The molecule has 3 heteroatoms. The molecule has 2 aromatic rings. The van der Waals surface area contributed by atoms with Gasteiger partial charge in [0.1, 0.15) is 5.75 Å². The van der Waals surface area contributed by atoms with Crippen molar-refractivity contribution in [1.29, 1.82) is 0 Å². The first-order valence-electron chi connectivity index (χ1n) is 7.07. The average molecular weight is 289 g/mol. The SMILES string of the molecule is CCc1ccc(CC(NC)c2ccc(C)c(OC)c2)s1. The van der Waals surface area contributed by atoms with Gasteiger partial charge in [0.2, 0.25) is 0 Å². The number of aryl methyl sites for hydroxylation is 2. The fraction of sp³-hybridized carbons (Fsp3) is 0.412. The number of rotatable bonds is 6. The van der Waals surface area contributed by atoms with Gasteiger partial charge >= 0.3 is 0 Å². The number of nitrogens with one attached hydrogen (secondary N) is 1. The minimum Gasteiger partial charge on any atom is -0.496 e. The molecule has 1 aromatic heterocycles. The van der Waals surface area contributed by atoms with Crippen molar-refractivity contribution in [1.82, 2.24) is 5.32 Å². The van der Waals surface area contributed by atoms with E-state index in [4.69, 9.17) is 4.74 Å². The topological polar surface area (TPSA) is 21.3 Å². The van der Waals surface area contributed by atoms with Gasteiger partial charge in [-0.3, -0.25) is 0 Å². The summed E-state index contributed by atoms with van der Waals surface area (Å²) in [5, 5.41) is 3.42. The molecule has 0 saturated heterocycles. The van der Waals surface area contributed by atoms with Gasteiger partial charge in [0.25, 0.3) is 0 Å². The Morgan fingerprint density at radius 3 is 2.55 bits per heavy atom. The number of hydrogen-bond acceptors (Lipinski definition) is 3. The lowest BCUT2D eigenvalue weighted by Crippen LogP contribution is -2.18. The molecular formula is C17H23NOS. The van der Waals surface area contributed by atoms with E-state index < -0.39 is 0 Å². The fourth-order valence-electron chi connectivity index (χ4n) is 2.36. The second-order valence-corrected chi connectivity index (χ2v) is 6.25. The maximum atomic E-state index is 5.43. The van der Waals surface area contributed by atoms with Crippen molar-refractivity contribution in [3.8, 4) is 5.75 Å². The number of benzene rings is 1. The van der Waals surface area contributed by atoms with E-state index in [1.165, 1.54) is 20.9 Å². The fourth-order valence-corrected chi connectivity index (χ4v) is 3.37. The summed E-state index contributed by atoms with van der Waals surface area (Å²) in [6.07, 6.45) is 2.14. The van der Waals surface area contributed by atoms with Crippen LogP contribution in [0.15, 0.2) is 30.3 Å². The van der Waals surface area contributed by atoms with Crippen LogP contribution in [0.4, 0.5) is 0 Å². The van der Waals surface area contributed by atoms with E-state index in [-0.39, 0.29) is 0 Å². The number of thiophene rings is 1. The van der Waals surface area contributed by atoms with Crippen LogP contribution in [-0.4, -0.2) is 14.2 Å². The predicted octanol–water partition coefficient (Wildman–Crippen LogP) is 4.13. The van der Waals surface area contributed by atoms with Crippen LogP contribution in [0.3, 0.4) is 0 Å². The molecule has 1 heterocycles. The molecular weight excluding hydrogens is 266 g/mol. The molecule has 0 amide bonds. The quantitative estimate of drug-likeness (QED) is 0.863. The maximum Gasteiger partial charge on any atom is 0.122 e. The molecule has 1 atom stereocenters. The second kappa shape index (κ2) is 6.91. The van der Waals surface area contributed by atoms with Gasteiger partial charge in [-0.2, -0.15) is 0 Å². The van der Waals surface area contributed by atoms with Crippen molar-refractivity contribution in [2.75, 3.05) is 14.2 Å². The van der Waals surface area contributed by atoms with Crippen molar-refractivity contribution >= 4 is 11.3 Å². The summed E-state index contributed by atoms with van der Waals surface area (Å²) in [7, 11) is 3.75. The predicted molar refractivity (Wildman–Crippen MR) is 86.9 cm³/mol. The summed E-state index contributed by atoms with van der Waals surface area (Å²) in [4.78, 5) is 2.89. The van der Waals surface area contributed by atoms with Gasteiger partial charge in [0, 0.05) is 22.2 Å². The Morgan fingerprint density at radius 2 is 1.95 bits per heavy atom. The third-order valence-electron chi connectivity index (χ3n) is 3.65. The van der Waals surface area contributed by atoms with Crippen LogP contribution in [0.5, 0.6) is 5.75 Å². The summed E-state index contributed by atoms with van der Waals surface area (Å²) >= 11 is 1.91. The lowest BCUT2D eigenvalue weighted by atomic mass is 10.0. The molecule has 1 N–H and O–H groups in total. The zero-order valence-corrected chi connectivity index (χ0v) is 13.5. The lowest BCUT2D eigenvalue weighted by molar-refractivity contribution is 0.410. The van der Waals surface area contributed by atoms with E-state index in [0.29, 0.717) is 6.04 Å². The van der Waals surface area contributed by atoms with Crippen molar-refractivity contribution in [2.45, 2.75) is 32.7 Å². The first kappa shape index (κ1) is 15.1. The number of likely N-dealkylation sites (N-methyl/N-ethyl adjacent to an activating group) is 1. The van der Waals surface area contributed by atoms with Crippen LogP contribution in [-0.2, 0) is 12.8 Å². The van der Waals surface area contributed by atoms with Gasteiger partial charge < -0.3 is 10.1 Å². The third kappa shape index (κ3) is 3.41. The Balaban J connectivity index is 2.19. The summed E-state index contributed by atoms with van der Waals surface area (Å²) in [6.45, 7) is 4.28. The molecule has 20 heavy (non-hydrogen) atoms. The molecule has 0 radical (unpaired) electrons. The minimum absolute atomic E-state index is 0.327. The minimum atomic E-state index is 0.327. The standard InChI is InChI=1S/C17H23NOS/c1-5-14-8-9-15(20-14)11-16(18-3)13-7-6-12(2)17(10-13)19-4/h6-10,16,18H,5,11H2,1-4H3. The van der Waals surface area contributed by atoms with E-state index >= 15 is 0 Å².